The van der Waals surface area contributed by atoms with E-state index >= 15 is 0 Å². The van der Waals surface area contributed by atoms with Gasteiger partial charge in [-0.1, -0.05) is 12.1 Å². The summed E-state index contributed by atoms with van der Waals surface area (Å²) in [4.78, 5) is 22.8. The van der Waals surface area contributed by atoms with Gasteiger partial charge in [0, 0.05) is 0 Å². The van der Waals surface area contributed by atoms with E-state index < -0.39 is 24.0 Å². The first kappa shape index (κ1) is 18.4. The highest BCUT2D eigenvalue weighted by molar-refractivity contribution is 5.88. The maximum absolute atomic E-state index is 12.2. The molecular formula is C16H14F3NO5. The Morgan fingerprint density at radius 3 is 2.60 bits per heavy atom. The van der Waals surface area contributed by atoms with Gasteiger partial charge >= 0.3 is 12.3 Å². The third kappa shape index (κ3) is 5.55. The minimum absolute atomic E-state index is 0.00116. The van der Waals surface area contributed by atoms with Crippen LogP contribution in [0.5, 0.6) is 5.75 Å². The SMILES string of the molecule is Cc1oc(CNC(=O)Cc2cccc(OC(F)(F)F)c2)cc1C(=O)O. The summed E-state index contributed by atoms with van der Waals surface area (Å²) in [5, 5.41) is 11.4. The number of carbonyl (C=O) groups excluding carboxylic acids is 1. The van der Waals surface area contributed by atoms with Gasteiger partial charge in [0.15, 0.2) is 0 Å². The van der Waals surface area contributed by atoms with Crippen LogP contribution in [0.3, 0.4) is 0 Å². The molecule has 0 saturated heterocycles. The third-order valence-corrected chi connectivity index (χ3v) is 3.16. The third-order valence-electron chi connectivity index (χ3n) is 3.16. The van der Waals surface area contributed by atoms with Crippen LogP contribution in [0, 0.1) is 6.92 Å². The Balaban J connectivity index is 1.93. The smallest absolute Gasteiger partial charge is 0.478 e. The highest BCUT2D eigenvalue weighted by Gasteiger charge is 2.31. The number of amides is 1. The van der Waals surface area contributed by atoms with Crippen molar-refractivity contribution in [2.75, 3.05) is 0 Å². The zero-order valence-electron chi connectivity index (χ0n) is 13.0. The number of ether oxygens (including phenoxy) is 1. The average molecular weight is 357 g/mol. The van der Waals surface area contributed by atoms with Gasteiger partial charge in [-0.15, -0.1) is 13.2 Å². The van der Waals surface area contributed by atoms with E-state index in [1.807, 2.05) is 0 Å². The fraction of sp³-hybridized carbons (Fsp3) is 0.250. The molecule has 1 aromatic carbocycles. The molecule has 0 aliphatic rings. The zero-order chi connectivity index (χ0) is 18.6. The number of hydrogen-bond donors (Lipinski definition) is 2. The molecule has 0 unspecified atom stereocenters. The molecule has 2 N–H and O–H groups in total. The number of hydrogen-bond acceptors (Lipinski definition) is 4. The fourth-order valence-corrected chi connectivity index (χ4v) is 2.13. The quantitative estimate of drug-likeness (QED) is 0.830. The Labute approximate surface area is 140 Å². The van der Waals surface area contributed by atoms with Crippen LogP contribution < -0.4 is 10.1 Å². The number of furan rings is 1. The molecule has 0 saturated carbocycles. The van der Waals surface area contributed by atoms with Crippen molar-refractivity contribution in [2.24, 2.45) is 0 Å². The second-order valence-corrected chi connectivity index (χ2v) is 5.14. The predicted molar refractivity (Wildman–Crippen MR) is 79.1 cm³/mol. The maximum atomic E-state index is 12.2. The van der Waals surface area contributed by atoms with Crippen LogP contribution in [0.2, 0.25) is 0 Å². The molecule has 2 aromatic rings. The molecule has 1 amide bonds. The van der Waals surface area contributed by atoms with Crippen LogP contribution in [0.25, 0.3) is 0 Å². The lowest BCUT2D eigenvalue weighted by Crippen LogP contribution is -2.24. The summed E-state index contributed by atoms with van der Waals surface area (Å²) in [6, 6.07) is 6.39. The number of nitrogens with one attached hydrogen (secondary N) is 1. The van der Waals surface area contributed by atoms with Crippen LogP contribution >= 0.6 is 0 Å². The van der Waals surface area contributed by atoms with Gasteiger partial charge in [0.1, 0.15) is 22.8 Å². The molecule has 6 nitrogen and oxygen atoms in total. The fourth-order valence-electron chi connectivity index (χ4n) is 2.13. The summed E-state index contributed by atoms with van der Waals surface area (Å²) >= 11 is 0. The molecule has 0 atom stereocenters. The number of rotatable bonds is 6. The molecule has 0 aliphatic heterocycles. The van der Waals surface area contributed by atoms with Gasteiger partial charge in [-0.05, 0) is 30.7 Å². The first-order chi connectivity index (χ1) is 11.6. The number of aryl methyl sites for hydroxylation is 1. The van der Waals surface area contributed by atoms with E-state index in [1.54, 1.807) is 0 Å². The molecule has 2 rings (SSSR count). The Kier molecular flexibility index (Phi) is 5.35. The number of halogens is 3. The van der Waals surface area contributed by atoms with Crippen molar-refractivity contribution in [1.29, 1.82) is 0 Å². The van der Waals surface area contributed by atoms with Crippen LogP contribution in [-0.4, -0.2) is 23.3 Å². The summed E-state index contributed by atoms with van der Waals surface area (Å²) in [7, 11) is 0. The average Bonchev–Trinajstić information content (AvgIpc) is 2.85. The van der Waals surface area contributed by atoms with Crippen LogP contribution in [-0.2, 0) is 17.8 Å². The molecule has 9 heteroatoms. The molecule has 1 heterocycles. The second-order valence-electron chi connectivity index (χ2n) is 5.14. The summed E-state index contributed by atoms with van der Waals surface area (Å²) in [5.41, 5.74) is 0.336. The Hall–Kier alpha value is -2.97. The minimum atomic E-state index is -4.81. The summed E-state index contributed by atoms with van der Waals surface area (Å²) < 4.78 is 45.5. The van der Waals surface area contributed by atoms with Crippen molar-refractivity contribution in [3.63, 3.8) is 0 Å². The number of alkyl halides is 3. The molecule has 0 fully saturated rings. The molecule has 1 aromatic heterocycles. The van der Waals surface area contributed by atoms with E-state index in [0.717, 1.165) is 12.1 Å². The number of carbonyl (C=O) groups is 2. The highest BCUT2D eigenvalue weighted by atomic mass is 19.4. The van der Waals surface area contributed by atoms with Gasteiger partial charge in [-0.25, -0.2) is 4.79 Å². The van der Waals surface area contributed by atoms with E-state index in [2.05, 4.69) is 10.1 Å². The van der Waals surface area contributed by atoms with E-state index in [4.69, 9.17) is 9.52 Å². The molecule has 25 heavy (non-hydrogen) atoms. The van der Waals surface area contributed by atoms with Crippen molar-refractivity contribution >= 4 is 11.9 Å². The van der Waals surface area contributed by atoms with E-state index in [1.165, 1.54) is 25.1 Å². The number of carboxylic acid groups (broad SMARTS) is 1. The van der Waals surface area contributed by atoms with Gasteiger partial charge in [0.25, 0.3) is 0 Å². The standard InChI is InChI=1S/C16H14F3NO5/c1-9-13(15(22)23)7-12(24-9)8-20-14(21)6-10-3-2-4-11(5-10)25-16(17,18)19/h2-5,7H,6,8H2,1H3,(H,20,21)(H,22,23). The Morgan fingerprint density at radius 2 is 2.00 bits per heavy atom. The van der Waals surface area contributed by atoms with Gasteiger partial charge in [-0.3, -0.25) is 4.79 Å². The predicted octanol–water partition coefficient (Wildman–Crippen LogP) is 3.04. The molecule has 0 bridgehead atoms. The second kappa shape index (κ2) is 7.29. The molecular weight excluding hydrogens is 343 g/mol. The molecule has 0 spiro atoms. The maximum Gasteiger partial charge on any atom is 0.573 e. The monoisotopic (exact) mass is 357 g/mol. The van der Waals surface area contributed by atoms with E-state index in [0.29, 0.717) is 5.56 Å². The van der Waals surface area contributed by atoms with Crippen LogP contribution in [0.4, 0.5) is 13.2 Å². The summed E-state index contributed by atoms with van der Waals surface area (Å²) in [6.45, 7) is 1.45. The molecule has 134 valence electrons. The van der Waals surface area contributed by atoms with Crippen molar-refractivity contribution in [3.8, 4) is 5.75 Å². The van der Waals surface area contributed by atoms with E-state index in [-0.39, 0.29) is 30.0 Å². The lowest BCUT2D eigenvalue weighted by molar-refractivity contribution is -0.274. The number of benzene rings is 1. The molecule has 0 aliphatic carbocycles. The number of carboxylic acids is 1. The first-order valence-corrected chi connectivity index (χ1v) is 7.08. The normalized spacial score (nSPS) is 11.2. The lowest BCUT2D eigenvalue weighted by Gasteiger charge is -2.10. The Bertz CT molecular complexity index is 782. The largest absolute Gasteiger partial charge is 0.573 e. The van der Waals surface area contributed by atoms with Crippen molar-refractivity contribution in [1.82, 2.24) is 5.32 Å². The van der Waals surface area contributed by atoms with Crippen LogP contribution in [0.1, 0.15) is 27.4 Å². The van der Waals surface area contributed by atoms with Gasteiger partial charge in [0.2, 0.25) is 5.91 Å². The lowest BCUT2D eigenvalue weighted by atomic mass is 10.1. The summed E-state index contributed by atoms with van der Waals surface area (Å²) in [5.74, 6) is -1.54. The highest BCUT2D eigenvalue weighted by Crippen LogP contribution is 2.23. The molecule has 0 radical (unpaired) electrons. The topological polar surface area (TPSA) is 88.8 Å². The van der Waals surface area contributed by atoms with Gasteiger partial charge in [-0.2, -0.15) is 0 Å². The van der Waals surface area contributed by atoms with Crippen molar-refractivity contribution < 1.29 is 37.0 Å². The number of aromatic carboxylic acids is 1. The Morgan fingerprint density at radius 1 is 1.28 bits per heavy atom. The van der Waals surface area contributed by atoms with Crippen LogP contribution in [0.15, 0.2) is 34.7 Å². The van der Waals surface area contributed by atoms with Gasteiger partial charge in [0.05, 0.1) is 13.0 Å². The van der Waals surface area contributed by atoms with Crippen molar-refractivity contribution in [3.05, 3.63) is 53.0 Å². The minimum Gasteiger partial charge on any atom is -0.478 e. The zero-order valence-corrected chi connectivity index (χ0v) is 13.0. The first-order valence-electron chi connectivity index (χ1n) is 7.08. The van der Waals surface area contributed by atoms with Crippen molar-refractivity contribution in [2.45, 2.75) is 26.3 Å². The van der Waals surface area contributed by atoms with Gasteiger partial charge < -0.3 is 19.6 Å². The summed E-state index contributed by atoms with van der Waals surface area (Å²) in [6.07, 6.45) is -4.97. The van der Waals surface area contributed by atoms with E-state index in [9.17, 15) is 22.8 Å².